The summed E-state index contributed by atoms with van der Waals surface area (Å²) in [6, 6.07) is 5.61. The van der Waals surface area contributed by atoms with Gasteiger partial charge in [-0.15, -0.1) is 0 Å². The first kappa shape index (κ1) is 17.3. The largest absolute Gasteiger partial charge is 0.322 e. The van der Waals surface area contributed by atoms with Crippen molar-refractivity contribution in [1.82, 2.24) is 19.6 Å². The van der Waals surface area contributed by atoms with Gasteiger partial charge in [0.25, 0.3) is 0 Å². The molecule has 2 aromatic heterocycles. The summed E-state index contributed by atoms with van der Waals surface area (Å²) in [4.78, 5) is 22.4. The molecule has 0 spiro atoms. The third-order valence-electron chi connectivity index (χ3n) is 3.77. The van der Waals surface area contributed by atoms with Crippen molar-refractivity contribution >= 4 is 17.3 Å². The summed E-state index contributed by atoms with van der Waals surface area (Å²) in [6.45, 7) is 1.79. The molecule has 0 aliphatic rings. The Bertz CT molecular complexity index is 951. The Hall–Kier alpha value is -3.56. The van der Waals surface area contributed by atoms with Crippen molar-refractivity contribution in [3.05, 3.63) is 70.5 Å². The van der Waals surface area contributed by atoms with Gasteiger partial charge in [-0.2, -0.15) is 10.2 Å². The molecule has 3 rings (SSSR count). The first-order valence-electron chi connectivity index (χ1n) is 7.69. The van der Waals surface area contributed by atoms with Crippen LogP contribution in [0.2, 0.25) is 0 Å². The average molecular weight is 358 g/mol. The van der Waals surface area contributed by atoms with Crippen molar-refractivity contribution in [3.8, 4) is 0 Å². The van der Waals surface area contributed by atoms with Crippen molar-refractivity contribution in [2.24, 2.45) is 0 Å². The number of benzene rings is 1. The number of nitrogens with zero attached hydrogens (tertiary/aromatic N) is 5. The van der Waals surface area contributed by atoms with E-state index >= 15 is 0 Å². The van der Waals surface area contributed by atoms with E-state index in [0.717, 1.165) is 6.20 Å². The van der Waals surface area contributed by atoms with Crippen LogP contribution in [0.1, 0.15) is 18.5 Å². The van der Waals surface area contributed by atoms with E-state index in [2.05, 4.69) is 15.5 Å². The minimum Gasteiger partial charge on any atom is -0.322 e. The van der Waals surface area contributed by atoms with E-state index in [-0.39, 0.29) is 18.0 Å². The maximum absolute atomic E-state index is 13.7. The zero-order chi connectivity index (χ0) is 18.7. The number of hydrogen-bond acceptors (Lipinski definition) is 5. The van der Waals surface area contributed by atoms with Crippen molar-refractivity contribution in [1.29, 1.82) is 0 Å². The normalized spacial score (nSPS) is 11.9. The fraction of sp³-hybridized carbons (Fsp3) is 0.188. The van der Waals surface area contributed by atoms with Gasteiger partial charge in [-0.05, 0) is 13.0 Å². The van der Waals surface area contributed by atoms with E-state index in [4.69, 9.17) is 0 Å². The molecule has 3 aromatic rings. The molecular weight excluding hydrogens is 343 g/mol. The molecule has 10 heteroatoms. The van der Waals surface area contributed by atoms with Crippen molar-refractivity contribution in [2.75, 3.05) is 5.32 Å². The lowest BCUT2D eigenvalue weighted by Gasteiger charge is -2.10. The molecular formula is C16H15FN6O3. The Labute approximate surface area is 147 Å². The third kappa shape index (κ3) is 3.74. The minimum absolute atomic E-state index is 0.192. The van der Waals surface area contributed by atoms with Gasteiger partial charge in [-0.1, -0.05) is 18.2 Å². The first-order chi connectivity index (χ1) is 12.4. The second-order valence-corrected chi connectivity index (χ2v) is 5.62. The number of halogens is 1. The van der Waals surface area contributed by atoms with E-state index in [0.29, 0.717) is 11.3 Å². The maximum atomic E-state index is 13.7. The molecule has 0 saturated heterocycles. The Kier molecular flexibility index (Phi) is 4.74. The highest BCUT2D eigenvalue weighted by Gasteiger charge is 2.19. The number of carbonyl (C=O) groups is 1. The molecule has 9 nitrogen and oxygen atoms in total. The lowest BCUT2D eigenvalue weighted by Crippen LogP contribution is -2.23. The number of nitro groups is 1. The van der Waals surface area contributed by atoms with E-state index in [9.17, 15) is 19.3 Å². The van der Waals surface area contributed by atoms with E-state index < -0.39 is 16.9 Å². The van der Waals surface area contributed by atoms with Gasteiger partial charge in [0, 0.05) is 11.8 Å². The summed E-state index contributed by atoms with van der Waals surface area (Å²) in [6.07, 6.45) is 5.28. The first-order valence-corrected chi connectivity index (χ1v) is 7.69. The summed E-state index contributed by atoms with van der Waals surface area (Å²) in [7, 11) is 0. The van der Waals surface area contributed by atoms with E-state index in [1.165, 1.54) is 27.8 Å². The highest BCUT2D eigenvalue weighted by Crippen LogP contribution is 2.16. The fourth-order valence-electron chi connectivity index (χ4n) is 2.32. The smallest absolute Gasteiger partial charge is 0.307 e. The van der Waals surface area contributed by atoms with Gasteiger partial charge in [-0.3, -0.25) is 24.3 Å². The monoisotopic (exact) mass is 358 g/mol. The van der Waals surface area contributed by atoms with Gasteiger partial charge < -0.3 is 5.32 Å². The Balaban J connectivity index is 1.65. The third-order valence-corrected chi connectivity index (χ3v) is 3.77. The standard InChI is InChI=1S/C16H15FN6O3/c1-11(22-10-14(7-19-22)23(25)26)16(24)20-13-6-18-21(9-13)8-12-4-2-3-5-15(12)17/h2-7,9-11H,8H2,1H3,(H,20,24). The number of anilines is 1. The summed E-state index contributed by atoms with van der Waals surface area (Å²) in [5.41, 5.74) is 0.716. The molecule has 2 heterocycles. The van der Waals surface area contributed by atoms with Gasteiger partial charge in [0.15, 0.2) is 0 Å². The van der Waals surface area contributed by atoms with Gasteiger partial charge in [0.1, 0.15) is 24.3 Å². The highest BCUT2D eigenvalue weighted by atomic mass is 19.1. The quantitative estimate of drug-likeness (QED) is 0.538. The number of aromatic nitrogens is 4. The molecule has 1 N–H and O–H groups in total. The lowest BCUT2D eigenvalue weighted by atomic mass is 10.2. The summed E-state index contributed by atoms with van der Waals surface area (Å²) >= 11 is 0. The van der Waals surface area contributed by atoms with Gasteiger partial charge in [-0.25, -0.2) is 4.39 Å². The second-order valence-electron chi connectivity index (χ2n) is 5.62. The van der Waals surface area contributed by atoms with Gasteiger partial charge >= 0.3 is 5.69 Å². The zero-order valence-corrected chi connectivity index (χ0v) is 13.7. The molecule has 0 aliphatic heterocycles. The molecule has 1 unspecified atom stereocenters. The highest BCUT2D eigenvalue weighted by molar-refractivity contribution is 5.93. The summed E-state index contributed by atoms with van der Waals surface area (Å²) in [5, 5.41) is 21.3. The molecule has 134 valence electrons. The molecule has 1 aromatic carbocycles. The van der Waals surface area contributed by atoms with Crippen LogP contribution in [-0.4, -0.2) is 30.4 Å². The van der Waals surface area contributed by atoms with Crippen LogP contribution in [0.15, 0.2) is 49.1 Å². The Morgan fingerprint density at radius 3 is 2.77 bits per heavy atom. The van der Waals surface area contributed by atoms with E-state index in [1.54, 1.807) is 31.3 Å². The summed E-state index contributed by atoms with van der Waals surface area (Å²) < 4.78 is 16.4. The Morgan fingerprint density at radius 1 is 1.31 bits per heavy atom. The van der Waals surface area contributed by atoms with Crippen molar-refractivity contribution in [2.45, 2.75) is 19.5 Å². The van der Waals surface area contributed by atoms with Crippen molar-refractivity contribution in [3.63, 3.8) is 0 Å². The molecule has 26 heavy (non-hydrogen) atoms. The van der Waals surface area contributed by atoms with Gasteiger partial charge in [0.2, 0.25) is 5.91 Å². The van der Waals surface area contributed by atoms with Crippen molar-refractivity contribution < 1.29 is 14.1 Å². The van der Waals surface area contributed by atoms with Gasteiger partial charge in [0.05, 0.1) is 23.4 Å². The molecule has 0 aliphatic carbocycles. The lowest BCUT2D eigenvalue weighted by molar-refractivity contribution is -0.385. The van der Waals surface area contributed by atoms with Crippen LogP contribution in [0.5, 0.6) is 0 Å². The van der Waals surface area contributed by atoms with E-state index in [1.807, 2.05) is 0 Å². The molecule has 0 radical (unpaired) electrons. The number of amides is 1. The fourth-order valence-corrected chi connectivity index (χ4v) is 2.32. The van der Waals surface area contributed by atoms with Crippen LogP contribution in [-0.2, 0) is 11.3 Å². The molecule has 0 fully saturated rings. The summed E-state index contributed by atoms with van der Waals surface area (Å²) in [5.74, 6) is -0.740. The molecule has 1 amide bonds. The van der Waals surface area contributed by atoms with Crippen LogP contribution >= 0.6 is 0 Å². The van der Waals surface area contributed by atoms with Crippen LogP contribution in [0.3, 0.4) is 0 Å². The number of hydrogen-bond donors (Lipinski definition) is 1. The molecule has 1 atom stereocenters. The van der Waals surface area contributed by atoms with Crippen LogP contribution in [0, 0.1) is 15.9 Å². The van der Waals surface area contributed by atoms with Crippen LogP contribution < -0.4 is 5.32 Å². The predicted molar refractivity (Wildman–Crippen MR) is 90.0 cm³/mol. The average Bonchev–Trinajstić information content (AvgIpc) is 3.26. The van der Waals surface area contributed by atoms with Crippen LogP contribution in [0.25, 0.3) is 0 Å². The minimum atomic E-state index is -0.751. The number of carbonyl (C=O) groups excluding carboxylic acids is 1. The maximum Gasteiger partial charge on any atom is 0.307 e. The predicted octanol–water partition coefficient (Wildman–Crippen LogP) is 2.37. The Morgan fingerprint density at radius 2 is 2.08 bits per heavy atom. The molecule has 0 bridgehead atoms. The number of rotatable bonds is 6. The SMILES string of the molecule is CC(C(=O)Nc1cnn(Cc2ccccc2F)c1)n1cc([N+](=O)[O-])cn1. The second kappa shape index (κ2) is 7.13. The van der Waals surface area contributed by atoms with Crippen LogP contribution in [0.4, 0.5) is 15.8 Å². The zero-order valence-electron chi connectivity index (χ0n) is 13.7. The molecule has 0 saturated carbocycles. The topological polar surface area (TPSA) is 108 Å². The number of nitrogens with one attached hydrogen (secondary N) is 1.